The van der Waals surface area contributed by atoms with Crippen molar-refractivity contribution < 1.29 is 22.7 Å². The average molecular weight is 378 g/mol. The predicted molar refractivity (Wildman–Crippen MR) is 99.2 cm³/mol. The molecule has 0 bridgehead atoms. The fraction of sp³-hybridized carbons (Fsp3) is 0.278. The quantitative estimate of drug-likeness (QED) is 0.734. The highest BCUT2D eigenvalue weighted by atomic mass is 32.2. The molecule has 2 aromatic carbocycles. The van der Waals surface area contributed by atoms with E-state index in [1.54, 1.807) is 7.11 Å². The summed E-state index contributed by atoms with van der Waals surface area (Å²) in [5.41, 5.74) is 1.29. The monoisotopic (exact) mass is 378 g/mol. The van der Waals surface area contributed by atoms with Gasteiger partial charge in [-0.2, -0.15) is 0 Å². The Morgan fingerprint density at radius 2 is 1.73 bits per heavy atom. The molecule has 140 valence electrons. The molecule has 0 aliphatic heterocycles. The Kier molecular flexibility index (Phi) is 6.59. The van der Waals surface area contributed by atoms with Crippen molar-refractivity contribution in [3.05, 3.63) is 48.0 Å². The number of benzene rings is 2. The highest BCUT2D eigenvalue weighted by Gasteiger charge is 2.16. The van der Waals surface area contributed by atoms with Gasteiger partial charge < -0.3 is 14.8 Å². The standard InChI is InChI=1S/C18H22N2O5S/c1-13(21)20-17-12-16(8-9-18(17)25-3)26(22,23)19-11-10-14-4-6-15(24-2)7-5-14/h4-9,12,19H,10-11H2,1-3H3,(H,20,21). The summed E-state index contributed by atoms with van der Waals surface area (Å²) in [7, 11) is -0.671. The van der Waals surface area contributed by atoms with Crippen LogP contribution in [0, 0.1) is 0 Å². The average Bonchev–Trinajstić information content (AvgIpc) is 2.61. The molecular weight excluding hydrogens is 356 g/mol. The van der Waals surface area contributed by atoms with Gasteiger partial charge in [0.15, 0.2) is 0 Å². The van der Waals surface area contributed by atoms with Crippen LogP contribution in [0.2, 0.25) is 0 Å². The Balaban J connectivity index is 2.07. The fourth-order valence-electron chi connectivity index (χ4n) is 2.35. The molecule has 0 radical (unpaired) electrons. The van der Waals surface area contributed by atoms with E-state index in [9.17, 15) is 13.2 Å². The zero-order valence-electron chi connectivity index (χ0n) is 14.9. The molecule has 1 amide bonds. The topological polar surface area (TPSA) is 93.7 Å². The number of ether oxygens (including phenoxy) is 2. The molecule has 7 nitrogen and oxygen atoms in total. The molecular formula is C18H22N2O5S. The van der Waals surface area contributed by atoms with Gasteiger partial charge in [0, 0.05) is 13.5 Å². The van der Waals surface area contributed by atoms with Gasteiger partial charge in [0.05, 0.1) is 24.8 Å². The first-order chi connectivity index (χ1) is 12.4. The van der Waals surface area contributed by atoms with Crippen LogP contribution < -0.4 is 19.5 Å². The van der Waals surface area contributed by atoms with E-state index in [0.29, 0.717) is 17.9 Å². The molecule has 0 atom stereocenters. The van der Waals surface area contributed by atoms with Crippen molar-refractivity contribution in [3.8, 4) is 11.5 Å². The van der Waals surface area contributed by atoms with Crippen LogP contribution in [0.5, 0.6) is 11.5 Å². The van der Waals surface area contributed by atoms with E-state index >= 15 is 0 Å². The summed E-state index contributed by atoms with van der Waals surface area (Å²) in [5.74, 6) is 0.820. The normalized spacial score (nSPS) is 11.0. The second-order valence-electron chi connectivity index (χ2n) is 5.54. The Morgan fingerprint density at radius 3 is 2.31 bits per heavy atom. The number of anilines is 1. The number of hydrogen-bond acceptors (Lipinski definition) is 5. The van der Waals surface area contributed by atoms with Crippen molar-refractivity contribution in [2.24, 2.45) is 0 Å². The molecule has 0 aromatic heterocycles. The molecule has 0 unspecified atom stereocenters. The first-order valence-electron chi connectivity index (χ1n) is 7.94. The maximum Gasteiger partial charge on any atom is 0.240 e. The molecule has 0 saturated carbocycles. The smallest absolute Gasteiger partial charge is 0.240 e. The summed E-state index contributed by atoms with van der Waals surface area (Å²) in [5, 5.41) is 2.56. The van der Waals surface area contributed by atoms with Crippen LogP contribution in [-0.4, -0.2) is 35.1 Å². The highest BCUT2D eigenvalue weighted by Crippen LogP contribution is 2.27. The number of amides is 1. The van der Waals surface area contributed by atoms with Crippen LogP contribution >= 0.6 is 0 Å². The van der Waals surface area contributed by atoms with Crippen LogP contribution in [0.3, 0.4) is 0 Å². The molecule has 2 aromatic rings. The molecule has 0 aliphatic carbocycles. The second-order valence-corrected chi connectivity index (χ2v) is 7.31. The van der Waals surface area contributed by atoms with E-state index in [1.165, 1.54) is 32.2 Å². The van der Waals surface area contributed by atoms with Gasteiger partial charge in [-0.3, -0.25) is 4.79 Å². The van der Waals surface area contributed by atoms with Crippen LogP contribution in [-0.2, 0) is 21.2 Å². The maximum absolute atomic E-state index is 12.5. The number of rotatable bonds is 8. The van der Waals surface area contributed by atoms with Gasteiger partial charge in [-0.05, 0) is 42.3 Å². The third-order valence-electron chi connectivity index (χ3n) is 3.66. The number of carbonyl (C=O) groups excluding carboxylic acids is 1. The lowest BCUT2D eigenvalue weighted by atomic mass is 10.1. The molecule has 8 heteroatoms. The summed E-state index contributed by atoms with van der Waals surface area (Å²) in [6.45, 7) is 1.59. The molecule has 2 rings (SSSR count). The summed E-state index contributed by atoms with van der Waals surface area (Å²) in [6, 6.07) is 11.7. The highest BCUT2D eigenvalue weighted by molar-refractivity contribution is 7.89. The van der Waals surface area contributed by atoms with E-state index in [-0.39, 0.29) is 17.3 Å². The van der Waals surface area contributed by atoms with Crippen LogP contribution in [0.4, 0.5) is 5.69 Å². The minimum absolute atomic E-state index is 0.0526. The summed E-state index contributed by atoms with van der Waals surface area (Å²) in [4.78, 5) is 11.3. The second kappa shape index (κ2) is 8.68. The van der Waals surface area contributed by atoms with Gasteiger partial charge in [-0.25, -0.2) is 13.1 Å². The zero-order chi connectivity index (χ0) is 19.2. The molecule has 26 heavy (non-hydrogen) atoms. The van der Waals surface area contributed by atoms with Gasteiger partial charge in [-0.1, -0.05) is 12.1 Å². The fourth-order valence-corrected chi connectivity index (χ4v) is 3.40. The minimum Gasteiger partial charge on any atom is -0.497 e. The molecule has 0 spiro atoms. The third kappa shape index (κ3) is 5.21. The van der Waals surface area contributed by atoms with Crippen LogP contribution in [0.15, 0.2) is 47.4 Å². The summed E-state index contributed by atoms with van der Waals surface area (Å²) in [6.07, 6.45) is 0.540. The van der Waals surface area contributed by atoms with E-state index in [0.717, 1.165) is 11.3 Å². The van der Waals surface area contributed by atoms with E-state index in [1.807, 2.05) is 24.3 Å². The van der Waals surface area contributed by atoms with Gasteiger partial charge in [0.1, 0.15) is 11.5 Å². The van der Waals surface area contributed by atoms with E-state index in [4.69, 9.17) is 9.47 Å². The number of hydrogen-bond donors (Lipinski definition) is 2. The Labute approximate surface area is 153 Å². The van der Waals surface area contributed by atoms with Crippen molar-refractivity contribution in [1.82, 2.24) is 4.72 Å². The summed E-state index contributed by atoms with van der Waals surface area (Å²) < 4.78 is 37.7. The van der Waals surface area contributed by atoms with Crippen molar-refractivity contribution >= 4 is 21.6 Å². The Hall–Kier alpha value is -2.58. The van der Waals surface area contributed by atoms with Gasteiger partial charge >= 0.3 is 0 Å². The largest absolute Gasteiger partial charge is 0.497 e. The number of methoxy groups -OCH3 is 2. The predicted octanol–water partition coefficient (Wildman–Crippen LogP) is 2.18. The first kappa shape index (κ1) is 19.7. The lowest BCUT2D eigenvalue weighted by Crippen LogP contribution is -2.26. The lowest BCUT2D eigenvalue weighted by molar-refractivity contribution is -0.114. The molecule has 2 N–H and O–H groups in total. The van der Waals surface area contributed by atoms with Crippen molar-refractivity contribution in [1.29, 1.82) is 0 Å². The van der Waals surface area contributed by atoms with Crippen molar-refractivity contribution in [3.63, 3.8) is 0 Å². The van der Waals surface area contributed by atoms with Gasteiger partial charge in [-0.15, -0.1) is 0 Å². The zero-order valence-corrected chi connectivity index (χ0v) is 15.7. The lowest BCUT2D eigenvalue weighted by Gasteiger charge is -2.12. The maximum atomic E-state index is 12.5. The SMILES string of the molecule is COc1ccc(CCNS(=O)(=O)c2ccc(OC)c(NC(C)=O)c2)cc1. The Bertz CT molecular complexity index is 864. The molecule has 0 heterocycles. The van der Waals surface area contributed by atoms with E-state index < -0.39 is 10.0 Å². The molecule has 0 aliphatic rings. The van der Waals surface area contributed by atoms with Crippen LogP contribution in [0.25, 0.3) is 0 Å². The Morgan fingerprint density at radius 1 is 1.04 bits per heavy atom. The molecule has 0 saturated heterocycles. The molecule has 0 fully saturated rings. The number of carbonyl (C=O) groups is 1. The number of sulfonamides is 1. The van der Waals surface area contributed by atoms with E-state index in [2.05, 4.69) is 10.0 Å². The van der Waals surface area contributed by atoms with Crippen molar-refractivity contribution in [2.75, 3.05) is 26.1 Å². The van der Waals surface area contributed by atoms with Crippen molar-refractivity contribution in [2.45, 2.75) is 18.2 Å². The van der Waals surface area contributed by atoms with Gasteiger partial charge in [0.25, 0.3) is 0 Å². The first-order valence-corrected chi connectivity index (χ1v) is 9.42. The van der Waals surface area contributed by atoms with Gasteiger partial charge in [0.2, 0.25) is 15.9 Å². The number of nitrogens with one attached hydrogen (secondary N) is 2. The van der Waals surface area contributed by atoms with Crippen LogP contribution in [0.1, 0.15) is 12.5 Å². The summed E-state index contributed by atoms with van der Waals surface area (Å²) >= 11 is 0. The third-order valence-corrected chi connectivity index (χ3v) is 5.12. The minimum atomic E-state index is -3.71.